The normalized spacial score (nSPS) is 12.6. The minimum atomic E-state index is -3.88. The van der Waals surface area contributed by atoms with E-state index in [0.29, 0.717) is 22.6 Å². The van der Waals surface area contributed by atoms with Crippen molar-refractivity contribution in [2.45, 2.75) is 25.3 Å². The van der Waals surface area contributed by atoms with E-state index >= 15 is 4.39 Å². The molecule has 0 saturated heterocycles. The lowest BCUT2D eigenvalue weighted by Gasteiger charge is -2.15. The molecule has 9 nitrogen and oxygen atoms in total. The third-order valence-electron chi connectivity index (χ3n) is 6.34. The van der Waals surface area contributed by atoms with Crippen LogP contribution in [0.3, 0.4) is 0 Å². The van der Waals surface area contributed by atoms with Gasteiger partial charge in [-0.3, -0.25) is 4.99 Å². The van der Waals surface area contributed by atoms with Crippen molar-refractivity contribution < 1.29 is 31.5 Å². The van der Waals surface area contributed by atoms with Gasteiger partial charge < -0.3 is 18.8 Å². The molecule has 0 aliphatic heterocycles. The lowest BCUT2D eigenvalue weighted by Crippen LogP contribution is -2.06. The predicted molar refractivity (Wildman–Crippen MR) is 157 cm³/mol. The zero-order valence-electron chi connectivity index (χ0n) is 23.4. The first-order chi connectivity index (χ1) is 19.8. The minimum Gasteiger partial charge on any atom is -0.479 e. The Morgan fingerprint density at radius 2 is 1.95 bits per heavy atom. The maximum absolute atomic E-state index is 15.0. The Kier molecular flexibility index (Phi) is 8.81. The van der Waals surface area contributed by atoms with Crippen LogP contribution in [0.15, 0.2) is 69.3 Å². The van der Waals surface area contributed by atoms with Crippen molar-refractivity contribution in [1.82, 2.24) is 14.5 Å². The van der Waals surface area contributed by atoms with Gasteiger partial charge in [-0.15, -0.1) is 0 Å². The van der Waals surface area contributed by atoms with E-state index in [1.165, 1.54) is 20.2 Å². The molecule has 0 spiro atoms. The molecule has 0 unspecified atom stereocenters. The van der Waals surface area contributed by atoms with Gasteiger partial charge in [-0.25, -0.2) is 27.2 Å². The van der Waals surface area contributed by atoms with Crippen LogP contribution in [0.1, 0.15) is 23.0 Å². The molecule has 2 aromatic heterocycles. The molecule has 4 rings (SSSR count). The number of halogens is 3. The van der Waals surface area contributed by atoms with Gasteiger partial charge in [0.25, 0.3) is 0 Å². The largest absolute Gasteiger partial charge is 0.479 e. The molecule has 1 N–H and O–H groups in total. The van der Waals surface area contributed by atoms with Gasteiger partial charge in [0, 0.05) is 43.1 Å². The van der Waals surface area contributed by atoms with E-state index in [1.807, 2.05) is 0 Å². The molecule has 0 aliphatic carbocycles. The third-order valence-corrected chi connectivity index (χ3v) is 7.68. The Labute approximate surface area is 246 Å². The number of ether oxygens (including phenoxy) is 1. The van der Waals surface area contributed by atoms with Crippen molar-refractivity contribution in [2.75, 3.05) is 20.4 Å². The number of aliphatic hydroxyl groups is 1. The maximum atomic E-state index is 15.0. The Hall–Kier alpha value is -4.13. The molecule has 4 aromatic rings. The van der Waals surface area contributed by atoms with Crippen LogP contribution in [0.5, 0.6) is 0 Å². The fourth-order valence-electron chi connectivity index (χ4n) is 4.46. The van der Waals surface area contributed by atoms with E-state index in [9.17, 15) is 17.9 Å². The number of aliphatic imine (C=N–C) groups is 1. The molecule has 13 heteroatoms. The zero-order valence-corrected chi connectivity index (χ0v) is 24.9. The third kappa shape index (κ3) is 6.06. The molecule has 0 aliphatic rings. The van der Waals surface area contributed by atoms with Crippen LogP contribution in [-0.4, -0.2) is 54.4 Å². The van der Waals surface area contributed by atoms with E-state index in [-0.39, 0.29) is 50.0 Å². The van der Waals surface area contributed by atoms with Gasteiger partial charge in [0.2, 0.25) is 5.90 Å². The van der Waals surface area contributed by atoms with Crippen molar-refractivity contribution >= 4 is 32.9 Å². The lowest BCUT2D eigenvalue weighted by molar-refractivity contribution is 0.272. The summed E-state index contributed by atoms with van der Waals surface area (Å²) in [5.41, 5.74) is 1.70. The number of hydrogen-bond acceptors (Lipinski definition) is 8. The van der Waals surface area contributed by atoms with Crippen molar-refractivity contribution in [3.8, 4) is 28.1 Å². The SMILES string of the molecule is C=C(/C=C(/F)C(=NC)OC)c1oc(C)nc1-c1cc(-c2cc(F)c(CO)c(S(C)(=O)=O)c2)ccc1-n1cc(Cl)nc1C. The number of benzene rings is 2. The summed E-state index contributed by atoms with van der Waals surface area (Å²) in [5.74, 6) is -0.978. The summed E-state index contributed by atoms with van der Waals surface area (Å²) in [6, 6.07) is 7.46. The molecule has 0 saturated carbocycles. The van der Waals surface area contributed by atoms with E-state index < -0.39 is 28.1 Å². The second-order valence-corrected chi connectivity index (χ2v) is 11.6. The highest BCUT2D eigenvalue weighted by Gasteiger charge is 2.23. The number of aryl methyl sites for hydroxylation is 2. The number of rotatable bonds is 8. The molecule has 2 aromatic carbocycles. The fourth-order valence-corrected chi connectivity index (χ4v) is 5.63. The molecular formula is C29H27ClF2N4O5S. The second-order valence-electron chi connectivity index (χ2n) is 9.24. The lowest BCUT2D eigenvalue weighted by atomic mass is 9.97. The highest BCUT2D eigenvalue weighted by atomic mass is 35.5. The number of allylic oxidation sites excluding steroid dienone is 2. The van der Waals surface area contributed by atoms with Gasteiger partial charge in [-0.2, -0.15) is 0 Å². The first-order valence-corrected chi connectivity index (χ1v) is 14.6. The average Bonchev–Trinajstić information content (AvgIpc) is 3.48. The number of oxazole rings is 1. The first-order valence-electron chi connectivity index (χ1n) is 12.3. The number of aliphatic hydroxyl groups excluding tert-OH is 1. The number of methoxy groups -OCH3 is 1. The van der Waals surface area contributed by atoms with Crippen LogP contribution < -0.4 is 0 Å². The summed E-state index contributed by atoms with van der Waals surface area (Å²) in [6.45, 7) is 6.51. The number of nitrogens with zero attached hydrogens (tertiary/aromatic N) is 4. The molecule has 42 heavy (non-hydrogen) atoms. The minimum absolute atomic E-state index is 0.121. The molecule has 0 atom stereocenters. The zero-order chi connectivity index (χ0) is 30.9. The Morgan fingerprint density at radius 3 is 2.52 bits per heavy atom. The van der Waals surface area contributed by atoms with E-state index in [1.54, 1.807) is 42.8 Å². The van der Waals surface area contributed by atoms with Crippen LogP contribution in [0.4, 0.5) is 8.78 Å². The summed E-state index contributed by atoms with van der Waals surface area (Å²) in [7, 11) is -1.22. The van der Waals surface area contributed by atoms with E-state index in [0.717, 1.165) is 18.4 Å². The molecule has 0 radical (unpaired) electrons. The molecule has 2 heterocycles. The monoisotopic (exact) mass is 616 g/mol. The van der Waals surface area contributed by atoms with Crippen molar-refractivity contribution in [3.05, 3.63) is 89.0 Å². The van der Waals surface area contributed by atoms with Crippen LogP contribution in [0.2, 0.25) is 5.15 Å². The average molecular weight is 617 g/mol. The number of sulfone groups is 1. The van der Waals surface area contributed by atoms with Gasteiger partial charge in [-0.05, 0) is 48.4 Å². The van der Waals surface area contributed by atoms with Gasteiger partial charge in [0.1, 0.15) is 22.5 Å². The van der Waals surface area contributed by atoms with Crippen LogP contribution in [0, 0.1) is 19.7 Å². The number of hydrogen-bond donors (Lipinski definition) is 1. The summed E-state index contributed by atoms with van der Waals surface area (Å²) in [6.07, 6.45) is 3.63. The highest BCUT2D eigenvalue weighted by molar-refractivity contribution is 7.90. The van der Waals surface area contributed by atoms with Gasteiger partial charge in [-0.1, -0.05) is 24.2 Å². The fraction of sp³-hybridized carbons (Fsp3) is 0.207. The smallest absolute Gasteiger partial charge is 0.245 e. The molecular weight excluding hydrogens is 590 g/mol. The molecule has 0 fully saturated rings. The van der Waals surface area contributed by atoms with Crippen LogP contribution >= 0.6 is 11.6 Å². The van der Waals surface area contributed by atoms with E-state index in [4.69, 9.17) is 20.8 Å². The van der Waals surface area contributed by atoms with Crippen molar-refractivity contribution in [1.29, 1.82) is 0 Å². The van der Waals surface area contributed by atoms with Gasteiger partial charge in [0.05, 0.1) is 24.3 Å². The predicted octanol–water partition coefficient (Wildman–Crippen LogP) is 6.04. The van der Waals surface area contributed by atoms with E-state index in [2.05, 4.69) is 21.5 Å². The molecule has 0 amide bonds. The molecule has 0 bridgehead atoms. The maximum Gasteiger partial charge on any atom is 0.245 e. The second kappa shape index (κ2) is 12.0. The standard InChI is InChI=1S/C29H27ClF2N4O5S/c1-15(9-23(32)29(33-4)40-5)28-27(35-17(3)41-28)20-10-18(7-8-24(20)36-13-26(30)34-16(36)2)19-11-22(31)21(14-37)25(12-19)42(6,38)39/h7-13,37H,1,14H2,2-6H3/b23-9+,33-29?. The topological polar surface area (TPSA) is 120 Å². The summed E-state index contributed by atoms with van der Waals surface area (Å²) >= 11 is 6.18. The Morgan fingerprint density at radius 1 is 1.24 bits per heavy atom. The first kappa shape index (κ1) is 30.8. The van der Waals surface area contributed by atoms with Gasteiger partial charge >= 0.3 is 0 Å². The van der Waals surface area contributed by atoms with Crippen molar-refractivity contribution in [3.63, 3.8) is 0 Å². The quantitative estimate of drug-likeness (QED) is 0.146. The van der Waals surface area contributed by atoms with Gasteiger partial charge in [0.15, 0.2) is 27.3 Å². The highest BCUT2D eigenvalue weighted by Crippen LogP contribution is 2.38. The van der Waals surface area contributed by atoms with Crippen LogP contribution in [-0.2, 0) is 21.2 Å². The summed E-state index contributed by atoms with van der Waals surface area (Å²) in [5, 5.41) is 9.86. The summed E-state index contributed by atoms with van der Waals surface area (Å²) in [4.78, 5) is 12.2. The summed E-state index contributed by atoms with van der Waals surface area (Å²) < 4.78 is 67.2. The van der Waals surface area contributed by atoms with Crippen molar-refractivity contribution in [2.24, 2.45) is 4.99 Å². The van der Waals surface area contributed by atoms with Crippen LogP contribution in [0.25, 0.3) is 33.6 Å². The number of aromatic nitrogens is 3. The Balaban J connectivity index is 2.00. The number of imidazole rings is 1. The molecule has 220 valence electrons. The Bertz CT molecular complexity index is 1880.